The first-order valence-electron chi connectivity index (χ1n) is 5.77. The molecule has 1 aromatic rings. The fourth-order valence-electron chi connectivity index (χ4n) is 1.58. The van der Waals surface area contributed by atoms with Gasteiger partial charge in [-0.1, -0.05) is 36.7 Å². The molecule has 4 nitrogen and oxygen atoms in total. The molecule has 0 unspecified atom stereocenters. The molecule has 0 aliphatic heterocycles. The number of amides is 1. The Balaban J connectivity index is 2.75. The van der Waals surface area contributed by atoms with Gasteiger partial charge in [-0.05, 0) is 11.6 Å². The standard InChI is InChI=1S/C13H16ClNO3/c1-2-12(16)15(8-7-13(17)18)9-10-5-3-4-6-11(10)14/h3-6H,2,7-9H2,1H3,(H,17,18). The van der Waals surface area contributed by atoms with Crippen LogP contribution in [-0.4, -0.2) is 28.4 Å². The van der Waals surface area contributed by atoms with Gasteiger partial charge in [-0.25, -0.2) is 0 Å². The molecule has 5 heteroatoms. The Labute approximate surface area is 111 Å². The molecular formula is C13H16ClNO3. The quantitative estimate of drug-likeness (QED) is 0.863. The fourth-order valence-corrected chi connectivity index (χ4v) is 1.77. The van der Waals surface area contributed by atoms with Gasteiger partial charge in [0.25, 0.3) is 0 Å². The van der Waals surface area contributed by atoms with Gasteiger partial charge in [0.05, 0.1) is 6.42 Å². The number of nitrogens with zero attached hydrogens (tertiary/aromatic N) is 1. The molecule has 0 radical (unpaired) electrons. The summed E-state index contributed by atoms with van der Waals surface area (Å²) in [4.78, 5) is 23.8. The van der Waals surface area contributed by atoms with Crippen LogP contribution in [0.3, 0.4) is 0 Å². The molecule has 0 aromatic heterocycles. The van der Waals surface area contributed by atoms with Gasteiger partial charge in [0.2, 0.25) is 5.91 Å². The highest BCUT2D eigenvalue weighted by Crippen LogP contribution is 2.17. The average Bonchev–Trinajstić information content (AvgIpc) is 2.35. The summed E-state index contributed by atoms with van der Waals surface area (Å²) in [6.45, 7) is 2.30. The van der Waals surface area contributed by atoms with Gasteiger partial charge in [0.15, 0.2) is 0 Å². The van der Waals surface area contributed by atoms with E-state index in [-0.39, 0.29) is 18.9 Å². The van der Waals surface area contributed by atoms with E-state index in [9.17, 15) is 9.59 Å². The molecule has 0 fully saturated rings. The second kappa shape index (κ2) is 7.01. The molecule has 98 valence electrons. The molecule has 1 aromatic carbocycles. The van der Waals surface area contributed by atoms with Gasteiger partial charge in [-0.2, -0.15) is 0 Å². The van der Waals surface area contributed by atoms with E-state index in [4.69, 9.17) is 16.7 Å². The zero-order valence-electron chi connectivity index (χ0n) is 10.2. The lowest BCUT2D eigenvalue weighted by Crippen LogP contribution is -2.32. The summed E-state index contributed by atoms with van der Waals surface area (Å²) in [5, 5.41) is 9.26. The first kappa shape index (κ1) is 14.5. The van der Waals surface area contributed by atoms with E-state index in [1.165, 1.54) is 4.90 Å². The van der Waals surface area contributed by atoms with E-state index < -0.39 is 5.97 Å². The lowest BCUT2D eigenvalue weighted by atomic mass is 10.2. The summed E-state index contributed by atoms with van der Waals surface area (Å²) in [6, 6.07) is 7.24. The largest absolute Gasteiger partial charge is 0.481 e. The molecule has 0 aliphatic carbocycles. The molecular weight excluding hydrogens is 254 g/mol. The first-order valence-corrected chi connectivity index (χ1v) is 6.15. The molecule has 1 N–H and O–H groups in total. The molecule has 0 saturated heterocycles. The topological polar surface area (TPSA) is 57.6 Å². The van der Waals surface area contributed by atoms with Gasteiger partial charge in [0, 0.05) is 24.5 Å². The minimum Gasteiger partial charge on any atom is -0.481 e. The maximum absolute atomic E-state index is 11.7. The summed E-state index contributed by atoms with van der Waals surface area (Å²) >= 11 is 6.02. The summed E-state index contributed by atoms with van der Waals surface area (Å²) in [6.07, 6.45) is 0.292. The second-order valence-corrected chi connectivity index (χ2v) is 4.31. The molecule has 0 atom stereocenters. The monoisotopic (exact) mass is 269 g/mol. The van der Waals surface area contributed by atoms with Crippen molar-refractivity contribution >= 4 is 23.5 Å². The van der Waals surface area contributed by atoms with Crippen LogP contribution in [0.5, 0.6) is 0 Å². The maximum Gasteiger partial charge on any atom is 0.305 e. The highest BCUT2D eigenvalue weighted by molar-refractivity contribution is 6.31. The third kappa shape index (κ3) is 4.37. The molecule has 18 heavy (non-hydrogen) atoms. The fraction of sp³-hybridized carbons (Fsp3) is 0.385. The van der Waals surface area contributed by atoms with E-state index in [2.05, 4.69) is 0 Å². The van der Waals surface area contributed by atoms with Crippen molar-refractivity contribution < 1.29 is 14.7 Å². The number of carbonyl (C=O) groups excluding carboxylic acids is 1. The van der Waals surface area contributed by atoms with Gasteiger partial charge < -0.3 is 10.0 Å². The van der Waals surface area contributed by atoms with Crippen molar-refractivity contribution in [1.29, 1.82) is 0 Å². The number of carboxylic acids is 1. The van der Waals surface area contributed by atoms with Gasteiger partial charge >= 0.3 is 5.97 Å². The van der Waals surface area contributed by atoms with Crippen LogP contribution in [0.1, 0.15) is 25.3 Å². The zero-order valence-corrected chi connectivity index (χ0v) is 11.0. The Morgan fingerprint density at radius 2 is 2.00 bits per heavy atom. The number of rotatable bonds is 6. The molecule has 1 rings (SSSR count). The predicted molar refractivity (Wildman–Crippen MR) is 69.4 cm³/mol. The van der Waals surface area contributed by atoms with E-state index in [1.807, 2.05) is 18.2 Å². The number of benzene rings is 1. The highest BCUT2D eigenvalue weighted by atomic mass is 35.5. The van der Waals surface area contributed by atoms with Crippen molar-refractivity contribution in [2.45, 2.75) is 26.3 Å². The zero-order chi connectivity index (χ0) is 13.5. The van der Waals surface area contributed by atoms with E-state index in [1.54, 1.807) is 13.0 Å². The third-order valence-electron chi connectivity index (χ3n) is 2.57. The molecule has 0 spiro atoms. The van der Waals surface area contributed by atoms with Crippen molar-refractivity contribution in [3.8, 4) is 0 Å². The summed E-state index contributed by atoms with van der Waals surface area (Å²) in [7, 11) is 0. The Morgan fingerprint density at radius 3 is 2.56 bits per heavy atom. The Kier molecular flexibility index (Phi) is 5.65. The van der Waals surface area contributed by atoms with E-state index in [0.29, 0.717) is 18.0 Å². The molecule has 0 bridgehead atoms. The van der Waals surface area contributed by atoms with E-state index in [0.717, 1.165) is 5.56 Å². The van der Waals surface area contributed by atoms with Crippen molar-refractivity contribution in [2.75, 3.05) is 6.54 Å². The number of hydrogen-bond donors (Lipinski definition) is 1. The molecule has 1 amide bonds. The lowest BCUT2D eigenvalue weighted by Gasteiger charge is -2.22. The number of carbonyl (C=O) groups is 2. The predicted octanol–water partition coefficient (Wildman–Crippen LogP) is 2.55. The first-order chi connectivity index (χ1) is 8.54. The normalized spacial score (nSPS) is 10.1. The van der Waals surface area contributed by atoms with Crippen LogP contribution >= 0.6 is 11.6 Å². The van der Waals surface area contributed by atoms with Gasteiger partial charge in [0.1, 0.15) is 0 Å². The SMILES string of the molecule is CCC(=O)N(CCC(=O)O)Cc1ccccc1Cl. The summed E-state index contributed by atoms with van der Waals surface area (Å²) in [5.41, 5.74) is 0.825. The van der Waals surface area contributed by atoms with Crippen LogP contribution in [0.25, 0.3) is 0 Å². The Morgan fingerprint density at radius 1 is 1.33 bits per heavy atom. The van der Waals surface area contributed by atoms with Crippen molar-refractivity contribution in [3.05, 3.63) is 34.9 Å². The summed E-state index contributed by atoms with van der Waals surface area (Å²) in [5.74, 6) is -0.987. The van der Waals surface area contributed by atoms with Crippen LogP contribution in [0.4, 0.5) is 0 Å². The van der Waals surface area contributed by atoms with Crippen molar-refractivity contribution in [3.63, 3.8) is 0 Å². The smallest absolute Gasteiger partial charge is 0.305 e. The highest BCUT2D eigenvalue weighted by Gasteiger charge is 2.14. The van der Waals surface area contributed by atoms with Crippen molar-refractivity contribution in [2.24, 2.45) is 0 Å². The number of halogens is 1. The molecule has 0 aliphatic rings. The van der Waals surface area contributed by atoms with Crippen LogP contribution in [0.2, 0.25) is 5.02 Å². The van der Waals surface area contributed by atoms with Crippen LogP contribution in [-0.2, 0) is 16.1 Å². The molecule has 0 heterocycles. The van der Waals surface area contributed by atoms with Gasteiger partial charge in [-0.15, -0.1) is 0 Å². The Bertz CT molecular complexity index is 434. The number of carboxylic acid groups (broad SMARTS) is 1. The van der Waals surface area contributed by atoms with Crippen LogP contribution in [0, 0.1) is 0 Å². The second-order valence-electron chi connectivity index (χ2n) is 3.90. The minimum atomic E-state index is -0.914. The molecule has 0 saturated carbocycles. The summed E-state index contributed by atoms with van der Waals surface area (Å²) < 4.78 is 0. The third-order valence-corrected chi connectivity index (χ3v) is 2.94. The average molecular weight is 270 g/mol. The van der Waals surface area contributed by atoms with Gasteiger partial charge in [-0.3, -0.25) is 9.59 Å². The maximum atomic E-state index is 11.7. The van der Waals surface area contributed by atoms with Crippen LogP contribution in [0.15, 0.2) is 24.3 Å². The Hall–Kier alpha value is -1.55. The number of aliphatic carboxylic acids is 1. The minimum absolute atomic E-state index is 0.0593. The number of hydrogen-bond acceptors (Lipinski definition) is 2. The van der Waals surface area contributed by atoms with E-state index >= 15 is 0 Å². The lowest BCUT2D eigenvalue weighted by molar-refractivity contribution is -0.138. The van der Waals surface area contributed by atoms with Crippen LogP contribution < -0.4 is 0 Å². The van der Waals surface area contributed by atoms with Crippen molar-refractivity contribution in [1.82, 2.24) is 4.90 Å².